The predicted molar refractivity (Wildman–Crippen MR) is 105 cm³/mol. The van der Waals surface area contributed by atoms with Crippen LogP contribution in [0.1, 0.15) is 23.4 Å². The number of hydrogen-bond acceptors (Lipinski definition) is 3. The molecule has 1 aliphatic rings. The van der Waals surface area contributed by atoms with Crippen LogP contribution in [0.2, 0.25) is 5.02 Å². The van der Waals surface area contributed by atoms with Crippen LogP contribution in [0.15, 0.2) is 65.1 Å². The summed E-state index contributed by atoms with van der Waals surface area (Å²) in [5, 5.41) is 6.19. The molecule has 5 nitrogen and oxygen atoms in total. The van der Waals surface area contributed by atoms with Gasteiger partial charge in [-0.25, -0.2) is 0 Å². The lowest BCUT2D eigenvalue weighted by molar-refractivity contribution is -0.117. The molecule has 0 atom stereocenters. The molecule has 6 heteroatoms. The van der Waals surface area contributed by atoms with Crippen molar-refractivity contribution in [3.63, 3.8) is 0 Å². The molecule has 1 heterocycles. The zero-order valence-corrected chi connectivity index (χ0v) is 15.1. The topological polar surface area (TPSA) is 71.3 Å². The van der Waals surface area contributed by atoms with E-state index in [0.29, 0.717) is 22.2 Å². The second-order valence-electron chi connectivity index (χ2n) is 6.44. The molecule has 2 amide bonds. The van der Waals surface area contributed by atoms with E-state index in [1.54, 1.807) is 42.5 Å². The lowest BCUT2D eigenvalue weighted by atomic mass is 10.2. The van der Waals surface area contributed by atoms with Crippen molar-refractivity contribution < 1.29 is 14.0 Å². The first-order valence-electron chi connectivity index (χ1n) is 8.67. The molecular formula is C21H17ClN2O3. The van der Waals surface area contributed by atoms with Crippen molar-refractivity contribution >= 4 is 34.8 Å². The van der Waals surface area contributed by atoms with Crippen LogP contribution in [0, 0.1) is 5.92 Å². The summed E-state index contributed by atoms with van der Waals surface area (Å²) >= 11 is 6.16. The highest BCUT2D eigenvalue weighted by molar-refractivity contribution is 6.33. The molecular weight excluding hydrogens is 364 g/mol. The van der Waals surface area contributed by atoms with Crippen LogP contribution < -0.4 is 10.6 Å². The molecule has 0 radical (unpaired) electrons. The molecule has 1 aliphatic carbocycles. The summed E-state index contributed by atoms with van der Waals surface area (Å²) < 4.78 is 5.64. The molecule has 1 fully saturated rings. The Bertz CT molecular complexity index is 991. The van der Waals surface area contributed by atoms with Crippen molar-refractivity contribution in [2.75, 3.05) is 10.6 Å². The monoisotopic (exact) mass is 380 g/mol. The van der Waals surface area contributed by atoms with Gasteiger partial charge in [-0.3, -0.25) is 9.59 Å². The molecule has 2 N–H and O–H groups in total. The molecule has 0 unspecified atom stereocenters. The van der Waals surface area contributed by atoms with Gasteiger partial charge in [-0.1, -0.05) is 23.7 Å². The van der Waals surface area contributed by atoms with E-state index in [1.165, 1.54) is 0 Å². The van der Waals surface area contributed by atoms with Crippen LogP contribution in [0.4, 0.5) is 11.4 Å². The van der Waals surface area contributed by atoms with Crippen LogP contribution in [0.3, 0.4) is 0 Å². The number of amides is 2. The molecule has 136 valence electrons. The van der Waals surface area contributed by atoms with Gasteiger partial charge in [-0.2, -0.15) is 0 Å². The summed E-state index contributed by atoms with van der Waals surface area (Å²) in [5.74, 6) is 0.563. The van der Waals surface area contributed by atoms with E-state index < -0.39 is 0 Å². The van der Waals surface area contributed by atoms with Gasteiger partial charge in [0.15, 0.2) is 5.76 Å². The number of furan rings is 1. The summed E-state index contributed by atoms with van der Waals surface area (Å²) in [7, 11) is 0. The number of nitrogens with one attached hydrogen (secondary N) is 2. The maximum Gasteiger partial charge on any atom is 0.291 e. The molecule has 1 aromatic heterocycles. The summed E-state index contributed by atoms with van der Waals surface area (Å²) in [5.41, 5.74) is 2.05. The quantitative estimate of drug-likeness (QED) is 0.639. The minimum atomic E-state index is -0.358. The van der Waals surface area contributed by atoms with Gasteiger partial charge in [0.25, 0.3) is 5.91 Å². The van der Waals surface area contributed by atoms with Gasteiger partial charge < -0.3 is 15.1 Å². The van der Waals surface area contributed by atoms with Crippen molar-refractivity contribution in [2.45, 2.75) is 12.8 Å². The van der Waals surface area contributed by atoms with Gasteiger partial charge in [0.05, 0.1) is 5.02 Å². The normalized spacial score (nSPS) is 13.2. The molecule has 0 saturated heterocycles. The Hall–Kier alpha value is -3.05. The Morgan fingerprint density at radius 1 is 0.889 bits per heavy atom. The number of rotatable bonds is 5. The van der Waals surface area contributed by atoms with Crippen molar-refractivity contribution in [1.82, 2.24) is 0 Å². The third-order valence-corrected chi connectivity index (χ3v) is 4.66. The van der Waals surface area contributed by atoms with E-state index >= 15 is 0 Å². The van der Waals surface area contributed by atoms with Gasteiger partial charge in [-0.05, 0) is 61.4 Å². The molecule has 3 aromatic rings. The van der Waals surface area contributed by atoms with Gasteiger partial charge in [0.2, 0.25) is 5.91 Å². The van der Waals surface area contributed by atoms with Crippen molar-refractivity contribution in [3.05, 3.63) is 71.4 Å². The Balaban J connectivity index is 1.42. The van der Waals surface area contributed by atoms with Crippen LogP contribution in [-0.2, 0) is 4.79 Å². The van der Waals surface area contributed by atoms with Crippen molar-refractivity contribution in [1.29, 1.82) is 0 Å². The number of carbonyl (C=O) groups excluding carboxylic acids is 2. The Kier molecular flexibility index (Phi) is 4.69. The van der Waals surface area contributed by atoms with Crippen molar-refractivity contribution in [3.8, 4) is 11.3 Å². The standard InChI is InChI=1S/C21H17ClN2O3/c22-17-4-2-1-3-16(17)18-11-12-19(27-18)21(26)24-15-9-7-14(8-10-15)23-20(25)13-5-6-13/h1-4,7-13H,5-6H2,(H,23,25)(H,24,26). The van der Waals surface area contributed by atoms with Gasteiger partial charge >= 0.3 is 0 Å². The largest absolute Gasteiger partial charge is 0.451 e. The Labute approximate surface area is 161 Å². The van der Waals surface area contributed by atoms with E-state index in [2.05, 4.69) is 10.6 Å². The first-order valence-corrected chi connectivity index (χ1v) is 9.05. The van der Waals surface area contributed by atoms with E-state index in [0.717, 1.165) is 18.4 Å². The molecule has 1 saturated carbocycles. The number of benzene rings is 2. The van der Waals surface area contributed by atoms with Crippen LogP contribution in [0.5, 0.6) is 0 Å². The number of carbonyl (C=O) groups is 2. The highest BCUT2D eigenvalue weighted by atomic mass is 35.5. The highest BCUT2D eigenvalue weighted by Crippen LogP contribution is 2.31. The van der Waals surface area contributed by atoms with Crippen LogP contribution >= 0.6 is 11.6 Å². The maximum absolute atomic E-state index is 12.4. The van der Waals surface area contributed by atoms with Crippen molar-refractivity contribution in [2.24, 2.45) is 5.92 Å². The maximum atomic E-state index is 12.4. The zero-order valence-electron chi connectivity index (χ0n) is 14.4. The van der Waals surface area contributed by atoms with Crippen LogP contribution in [0.25, 0.3) is 11.3 Å². The van der Waals surface area contributed by atoms with Gasteiger partial charge in [0.1, 0.15) is 5.76 Å². The fraction of sp³-hybridized carbons (Fsp3) is 0.143. The second kappa shape index (κ2) is 7.29. The molecule has 0 spiro atoms. The van der Waals surface area contributed by atoms with E-state index in [4.69, 9.17) is 16.0 Å². The summed E-state index contributed by atoms with van der Waals surface area (Å²) in [4.78, 5) is 24.2. The summed E-state index contributed by atoms with van der Waals surface area (Å²) in [6, 6.07) is 17.6. The lowest BCUT2D eigenvalue weighted by Crippen LogP contribution is -2.13. The van der Waals surface area contributed by atoms with Crippen LogP contribution in [-0.4, -0.2) is 11.8 Å². The van der Waals surface area contributed by atoms with Gasteiger partial charge in [0, 0.05) is 22.9 Å². The third-order valence-electron chi connectivity index (χ3n) is 4.33. The number of anilines is 2. The smallest absolute Gasteiger partial charge is 0.291 e. The third kappa shape index (κ3) is 4.04. The molecule has 2 aromatic carbocycles. The molecule has 0 bridgehead atoms. The minimum absolute atomic E-state index is 0.0504. The highest BCUT2D eigenvalue weighted by Gasteiger charge is 2.29. The average Bonchev–Trinajstić information content (AvgIpc) is 3.41. The Morgan fingerprint density at radius 2 is 1.56 bits per heavy atom. The molecule has 27 heavy (non-hydrogen) atoms. The number of hydrogen-bond donors (Lipinski definition) is 2. The Morgan fingerprint density at radius 3 is 2.22 bits per heavy atom. The summed E-state index contributed by atoms with van der Waals surface area (Å²) in [6.07, 6.45) is 1.92. The average molecular weight is 381 g/mol. The zero-order chi connectivity index (χ0) is 18.8. The first-order chi connectivity index (χ1) is 13.1. The minimum Gasteiger partial charge on any atom is -0.451 e. The SMILES string of the molecule is O=C(Nc1ccc(NC(=O)C2CC2)cc1)c1ccc(-c2ccccc2Cl)o1. The lowest BCUT2D eigenvalue weighted by Gasteiger charge is -2.07. The number of halogens is 1. The van der Waals surface area contributed by atoms with Gasteiger partial charge in [-0.15, -0.1) is 0 Å². The van der Waals surface area contributed by atoms with E-state index in [9.17, 15) is 9.59 Å². The van der Waals surface area contributed by atoms with E-state index in [-0.39, 0.29) is 23.5 Å². The first kappa shape index (κ1) is 17.4. The predicted octanol–water partition coefficient (Wildman–Crippen LogP) is 5.20. The van der Waals surface area contributed by atoms with E-state index in [1.807, 2.05) is 18.2 Å². The fourth-order valence-corrected chi connectivity index (χ4v) is 2.91. The fourth-order valence-electron chi connectivity index (χ4n) is 2.69. The molecule has 4 rings (SSSR count). The summed E-state index contributed by atoms with van der Waals surface area (Å²) in [6.45, 7) is 0. The second-order valence-corrected chi connectivity index (χ2v) is 6.85. The molecule has 0 aliphatic heterocycles.